The number of nitrogens with zero attached hydrogens (tertiary/aromatic N) is 2. The van der Waals surface area contributed by atoms with E-state index in [2.05, 4.69) is 10.2 Å². The molecule has 0 radical (unpaired) electrons. The van der Waals surface area contributed by atoms with Gasteiger partial charge in [-0.3, -0.25) is 4.79 Å². The van der Waals surface area contributed by atoms with E-state index in [9.17, 15) is 13.2 Å². The van der Waals surface area contributed by atoms with Gasteiger partial charge in [-0.15, -0.1) is 10.2 Å². The number of nitrogens with two attached hydrogens (primary N) is 1. The molecule has 2 heterocycles. The quantitative estimate of drug-likeness (QED) is 0.871. The Morgan fingerprint density at radius 3 is 2.75 bits per heavy atom. The summed E-state index contributed by atoms with van der Waals surface area (Å²) in [5.74, 6) is -0.449. The maximum absolute atomic E-state index is 12.7. The minimum absolute atomic E-state index is 0.00515. The average molecular weight is 372 g/mol. The third kappa shape index (κ3) is 2.68. The monoisotopic (exact) mass is 371 g/mol. The lowest BCUT2D eigenvalue weighted by molar-refractivity contribution is 0.00795. The van der Waals surface area contributed by atoms with Crippen molar-refractivity contribution in [2.24, 2.45) is 5.14 Å². The lowest BCUT2D eigenvalue weighted by Crippen LogP contribution is -2.40. The number of carbonyl (C=O) groups excluding carboxylic acids is 1. The van der Waals surface area contributed by atoms with Gasteiger partial charge >= 0.3 is 0 Å². The number of Topliss-reactive ketones (excluding diaryl/α,β-unsaturated/α-hetero) is 1. The number of halogens is 1. The van der Waals surface area contributed by atoms with Gasteiger partial charge in [0.2, 0.25) is 16.4 Å². The number of sulfonamides is 1. The summed E-state index contributed by atoms with van der Waals surface area (Å²) in [5.41, 5.74) is -1.26. The summed E-state index contributed by atoms with van der Waals surface area (Å²) in [6.45, 7) is 1.89. The van der Waals surface area contributed by atoms with E-state index in [-0.39, 0.29) is 39.3 Å². The first-order valence-corrected chi connectivity index (χ1v) is 9.05. The lowest BCUT2D eigenvalue weighted by Gasteiger charge is -2.35. The van der Waals surface area contributed by atoms with Crippen LogP contribution >= 0.6 is 11.6 Å². The molecule has 1 aromatic heterocycles. The number of carbonyl (C=O) groups is 1. The van der Waals surface area contributed by atoms with Crippen molar-refractivity contribution in [1.29, 1.82) is 0 Å². The zero-order valence-corrected chi connectivity index (χ0v) is 14.2. The molecule has 3 rings (SSSR count). The number of hydrogen-bond donors (Lipinski definition) is 1. The van der Waals surface area contributed by atoms with Crippen molar-refractivity contribution < 1.29 is 22.4 Å². The molecule has 2 aromatic rings. The molecule has 128 valence electrons. The Morgan fingerprint density at radius 1 is 1.42 bits per heavy atom. The summed E-state index contributed by atoms with van der Waals surface area (Å²) in [5, 5.41) is 12.8. The topological polar surface area (TPSA) is 125 Å². The first kappa shape index (κ1) is 16.9. The van der Waals surface area contributed by atoms with E-state index in [4.69, 9.17) is 25.9 Å². The second-order valence-electron chi connectivity index (χ2n) is 5.48. The minimum Gasteiger partial charge on any atom is -0.475 e. The van der Waals surface area contributed by atoms with Crippen molar-refractivity contribution in [3.63, 3.8) is 0 Å². The summed E-state index contributed by atoms with van der Waals surface area (Å²) in [4.78, 5) is 12.4. The van der Waals surface area contributed by atoms with Crippen molar-refractivity contribution >= 4 is 27.4 Å². The molecule has 24 heavy (non-hydrogen) atoms. The van der Waals surface area contributed by atoms with E-state index >= 15 is 0 Å². The number of hydrogen-bond acceptors (Lipinski definition) is 7. The van der Waals surface area contributed by atoms with Crippen LogP contribution in [0.3, 0.4) is 0 Å². The van der Waals surface area contributed by atoms with Crippen LogP contribution in [-0.2, 0) is 15.6 Å². The van der Waals surface area contributed by atoms with Gasteiger partial charge in [0.05, 0.1) is 17.0 Å². The van der Waals surface area contributed by atoms with Crippen molar-refractivity contribution in [1.82, 2.24) is 10.2 Å². The summed E-state index contributed by atoms with van der Waals surface area (Å²) in [6, 6.07) is 2.51. The number of fused-ring (bicyclic) bond motifs is 1. The molecule has 0 fully saturated rings. The molecule has 0 bridgehead atoms. The fraction of sp³-hybridized carbons (Fsp3) is 0.357. The number of primary sulfonamides is 1. The van der Waals surface area contributed by atoms with E-state index in [0.29, 0.717) is 12.8 Å². The normalized spacial score (nSPS) is 20.5. The van der Waals surface area contributed by atoms with Crippen LogP contribution in [0.1, 0.15) is 42.4 Å². The van der Waals surface area contributed by atoms with Crippen LogP contribution in [0.25, 0.3) is 0 Å². The van der Waals surface area contributed by atoms with E-state index in [1.165, 1.54) is 12.1 Å². The zero-order chi connectivity index (χ0) is 17.5. The summed E-state index contributed by atoms with van der Waals surface area (Å²) >= 11 is 6.07. The Balaban J connectivity index is 2.25. The first-order valence-electron chi connectivity index (χ1n) is 7.12. The van der Waals surface area contributed by atoms with Gasteiger partial charge in [0.1, 0.15) is 4.90 Å². The molecule has 1 aliphatic heterocycles. The van der Waals surface area contributed by atoms with Gasteiger partial charge in [0.25, 0.3) is 5.89 Å². The van der Waals surface area contributed by atoms with Crippen molar-refractivity contribution in [2.75, 3.05) is 0 Å². The number of ether oxygens (including phenoxy) is 1. The van der Waals surface area contributed by atoms with Gasteiger partial charge in [0, 0.05) is 0 Å². The predicted molar refractivity (Wildman–Crippen MR) is 83.3 cm³/mol. The Hall–Kier alpha value is -1.97. The molecule has 8 nitrogen and oxygen atoms in total. The second kappa shape index (κ2) is 5.83. The molecule has 2 N–H and O–H groups in total. The molecule has 1 atom stereocenters. The smallest absolute Gasteiger partial charge is 0.260 e. The Morgan fingerprint density at radius 2 is 2.17 bits per heavy atom. The summed E-state index contributed by atoms with van der Waals surface area (Å²) < 4.78 is 34.9. The lowest BCUT2D eigenvalue weighted by atomic mass is 9.86. The summed E-state index contributed by atoms with van der Waals surface area (Å²) in [6.07, 6.45) is 2.03. The first-order chi connectivity index (χ1) is 11.3. The molecule has 1 aliphatic rings. The number of aromatic nitrogens is 2. The molecule has 0 saturated heterocycles. The van der Waals surface area contributed by atoms with Crippen LogP contribution in [0.15, 0.2) is 27.8 Å². The van der Waals surface area contributed by atoms with Gasteiger partial charge in [-0.1, -0.05) is 24.9 Å². The van der Waals surface area contributed by atoms with Crippen LogP contribution in [0, 0.1) is 0 Å². The molecule has 10 heteroatoms. The van der Waals surface area contributed by atoms with Crippen molar-refractivity contribution in [2.45, 2.75) is 36.7 Å². The van der Waals surface area contributed by atoms with Crippen LogP contribution in [-0.4, -0.2) is 24.4 Å². The Labute approximate surface area is 143 Å². The fourth-order valence-electron chi connectivity index (χ4n) is 2.84. The van der Waals surface area contributed by atoms with Crippen LogP contribution in [0.4, 0.5) is 0 Å². The SMILES string of the molecule is CCCC1(c2nnco2)CC(=O)c2c(Cl)ccc(S(N)(=O)=O)c2O1. The van der Waals surface area contributed by atoms with Gasteiger partial charge < -0.3 is 9.15 Å². The second-order valence-corrected chi connectivity index (χ2v) is 7.42. The van der Waals surface area contributed by atoms with E-state index in [1.54, 1.807) is 0 Å². The third-order valence-corrected chi connectivity index (χ3v) is 5.05. The van der Waals surface area contributed by atoms with E-state index < -0.39 is 15.6 Å². The number of benzene rings is 1. The molecular formula is C14H14ClN3O5S. The van der Waals surface area contributed by atoms with Gasteiger partial charge in [-0.05, 0) is 18.6 Å². The Bertz CT molecular complexity index is 897. The highest BCUT2D eigenvalue weighted by atomic mass is 35.5. The Kier molecular flexibility index (Phi) is 4.10. The predicted octanol–water partition coefficient (Wildman–Crippen LogP) is 2.03. The van der Waals surface area contributed by atoms with E-state index in [1.807, 2.05) is 6.92 Å². The van der Waals surface area contributed by atoms with Crippen molar-refractivity contribution in [3.05, 3.63) is 35.0 Å². The standard InChI is InChI=1S/C14H14ClN3O5S/c1-2-5-14(13-18-17-7-22-13)6-9(19)11-8(15)3-4-10(12(11)23-14)24(16,20)21/h3-4,7H,2,5-6H2,1H3,(H2,16,20,21). The highest BCUT2D eigenvalue weighted by Crippen LogP contribution is 2.46. The molecule has 1 aromatic carbocycles. The van der Waals surface area contributed by atoms with E-state index in [0.717, 1.165) is 6.39 Å². The molecular weight excluding hydrogens is 358 g/mol. The average Bonchev–Trinajstić information content (AvgIpc) is 3.00. The molecule has 0 aliphatic carbocycles. The largest absolute Gasteiger partial charge is 0.475 e. The fourth-order valence-corrected chi connectivity index (χ4v) is 3.76. The highest BCUT2D eigenvalue weighted by Gasteiger charge is 2.47. The highest BCUT2D eigenvalue weighted by molar-refractivity contribution is 7.89. The number of rotatable bonds is 4. The molecule has 0 spiro atoms. The van der Waals surface area contributed by atoms with Gasteiger partial charge in [-0.2, -0.15) is 0 Å². The zero-order valence-electron chi connectivity index (χ0n) is 12.7. The maximum Gasteiger partial charge on any atom is 0.260 e. The third-order valence-electron chi connectivity index (χ3n) is 3.80. The molecule has 1 unspecified atom stereocenters. The van der Waals surface area contributed by atoms with Crippen LogP contribution < -0.4 is 9.88 Å². The minimum atomic E-state index is -4.12. The van der Waals surface area contributed by atoms with Crippen molar-refractivity contribution in [3.8, 4) is 5.75 Å². The van der Waals surface area contributed by atoms with Gasteiger partial charge in [0.15, 0.2) is 17.1 Å². The van der Waals surface area contributed by atoms with Gasteiger partial charge in [-0.25, -0.2) is 13.6 Å². The van der Waals surface area contributed by atoms with Crippen LogP contribution in [0.2, 0.25) is 5.02 Å². The number of ketones is 1. The maximum atomic E-state index is 12.7. The molecule has 0 saturated carbocycles. The van der Waals surface area contributed by atoms with Crippen LogP contribution in [0.5, 0.6) is 5.75 Å². The molecule has 0 amide bonds. The summed E-state index contributed by atoms with van der Waals surface area (Å²) in [7, 11) is -4.12.